The number of carbonyl (C=O) groups is 3. The Labute approximate surface area is 148 Å². The quantitative estimate of drug-likeness (QED) is 0.829. The number of nitrogens with zero attached hydrogens (tertiary/aromatic N) is 1. The summed E-state index contributed by atoms with van der Waals surface area (Å²) in [5, 5.41) is 11.8. The SMILES string of the molecule is CC(C)CCC(=O)Nc1ccc(C(=O)N2CCC(C(=O)O)CC2)cc1. The van der Waals surface area contributed by atoms with Gasteiger partial charge in [0.25, 0.3) is 5.91 Å². The summed E-state index contributed by atoms with van der Waals surface area (Å²) in [6.45, 7) is 5.08. The number of carboxylic acids is 1. The van der Waals surface area contributed by atoms with E-state index in [1.54, 1.807) is 29.2 Å². The first-order valence-corrected chi connectivity index (χ1v) is 8.79. The molecule has 2 rings (SSSR count). The molecule has 0 bridgehead atoms. The van der Waals surface area contributed by atoms with Gasteiger partial charge in [0.15, 0.2) is 0 Å². The van der Waals surface area contributed by atoms with Gasteiger partial charge in [-0.15, -0.1) is 0 Å². The van der Waals surface area contributed by atoms with Gasteiger partial charge in [-0.05, 0) is 49.4 Å². The van der Waals surface area contributed by atoms with Crippen LogP contribution >= 0.6 is 0 Å². The van der Waals surface area contributed by atoms with E-state index in [1.807, 2.05) is 0 Å². The Hall–Kier alpha value is -2.37. The van der Waals surface area contributed by atoms with E-state index in [0.29, 0.717) is 49.5 Å². The predicted molar refractivity (Wildman–Crippen MR) is 95.4 cm³/mol. The molecular formula is C19H26N2O4. The molecule has 0 aromatic heterocycles. The number of amides is 2. The summed E-state index contributed by atoms with van der Waals surface area (Å²) >= 11 is 0. The number of nitrogens with one attached hydrogen (secondary N) is 1. The van der Waals surface area contributed by atoms with E-state index in [2.05, 4.69) is 19.2 Å². The van der Waals surface area contributed by atoms with Crippen molar-refractivity contribution in [1.29, 1.82) is 0 Å². The topological polar surface area (TPSA) is 86.7 Å². The van der Waals surface area contributed by atoms with Gasteiger partial charge < -0.3 is 15.3 Å². The minimum Gasteiger partial charge on any atom is -0.481 e. The Bertz CT molecular complexity index is 617. The molecular weight excluding hydrogens is 320 g/mol. The van der Waals surface area contributed by atoms with Crippen molar-refractivity contribution in [2.45, 2.75) is 39.5 Å². The van der Waals surface area contributed by atoms with Crippen LogP contribution in [-0.4, -0.2) is 40.9 Å². The van der Waals surface area contributed by atoms with Crippen LogP contribution in [0, 0.1) is 11.8 Å². The highest BCUT2D eigenvalue weighted by Gasteiger charge is 2.27. The number of anilines is 1. The van der Waals surface area contributed by atoms with E-state index in [-0.39, 0.29) is 17.7 Å². The number of likely N-dealkylation sites (tertiary alicyclic amines) is 1. The fraction of sp³-hybridized carbons (Fsp3) is 0.526. The van der Waals surface area contributed by atoms with E-state index < -0.39 is 5.97 Å². The molecule has 2 N–H and O–H groups in total. The lowest BCUT2D eigenvalue weighted by molar-refractivity contribution is -0.143. The maximum atomic E-state index is 12.5. The summed E-state index contributed by atoms with van der Waals surface area (Å²) in [6.07, 6.45) is 2.31. The number of carboxylic acid groups (broad SMARTS) is 1. The standard InChI is InChI=1S/C19H26N2O4/c1-13(2)3-8-17(22)20-16-6-4-14(5-7-16)18(23)21-11-9-15(10-12-21)19(24)25/h4-7,13,15H,3,8-12H2,1-2H3,(H,20,22)(H,24,25). The van der Waals surface area contributed by atoms with Gasteiger partial charge in [0, 0.05) is 30.8 Å². The number of rotatable bonds is 6. The number of hydrogen-bond donors (Lipinski definition) is 2. The molecule has 0 unspecified atom stereocenters. The Morgan fingerprint density at radius 1 is 1.16 bits per heavy atom. The van der Waals surface area contributed by atoms with Gasteiger partial charge in [-0.2, -0.15) is 0 Å². The molecule has 1 aromatic rings. The Balaban J connectivity index is 1.88. The van der Waals surface area contributed by atoms with Crippen molar-refractivity contribution in [1.82, 2.24) is 4.90 Å². The van der Waals surface area contributed by atoms with Crippen molar-refractivity contribution in [3.8, 4) is 0 Å². The van der Waals surface area contributed by atoms with E-state index in [9.17, 15) is 14.4 Å². The number of carbonyl (C=O) groups excluding carboxylic acids is 2. The van der Waals surface area contributed by atoms with Gasteiger partial charge in [0.05, 0.1) is 5.92 Å². The van der Waals surface area contributed by atoms with Crippen molar-refractivity contribution < 1.29 is 19.5 Å². The molecule has 6 heteroatoms. The Morgan fingerprint density at radius 2 is 1.76 bits per heavy atom. The zero-order valence-corrected chi connectivity index (χ0v) is 14.8. The third-order valence-corrected chi connectivity index (χ3v) is 4.50. The van der Waals surface area contributed by atoms with Gasteiger partial charge in [-0.1, -0.05) is 13.8 Å². The van der Waals surface area contributed by atoms with E-state index in [1.165, 1.54) is 0 Å². The third kappa shape index (κ3) is 5.59. The summed E-state index contributed by atoms with van der Waals surface area (Å²) in [7, 11) is 0. The van der Waals surface area contributed by atoms with Crippen LogP contribution in [0.4, 0.5) is 5.69 Å². The lowest BCUT2D eigenvalue weighted by atomic mass is 9.96. The fourth-order valence-electron chi connectivity index (χ4n) is 2.85. The summed E-state index contributed by atoms with van der Waals surface area (Å²) < 4.78 is 0. The normalized spacial score (nSPS) is 15.2. The Kier molecular flexibility index (Phi) is 6.56. The van der Waals surface area contributed by atoms with Crippen molar-refractivity contribution in [2.75, 3.05) is 18.4 Å². The zero-order valence-electron chi connectivity index (χ0n) is 14.8. The largest absolute Gasteiger partial charge is 0.481 e. The maximum Gasteiger partial charge on any atom is 0.306 e. The fourth-order valence-corrected chi connectivity index (χ4v) is 2.85. The molecule has 1 aromatic carbocycles. The summed E-state index contributed by atoms with van der Waals surface area (Å²) in [5.41, 5.74) is 1.23. The van der Waals surface area contributed by atoms with E-state index in [0.717, 1.165) is 6.42 Å². The molecule has 0 spiro atoms. The average molecular weight is 346 g/mol. The van der Waals surface area contributed by atoms with Crippen molar-refractivity contribution in [3.63, 3.8) is 0 Å². The lowest BCUT2D eigenvalue weighted by Gasteiger charge is -2.30. The van der Waals surface area contributed by atoms with Crippen molar-refractivity contribution >= 4 is 23.5 Å². The molecule has 0 aliphatic carbocycles. The predicted octanol–water partition coefficient (Wildman–Crippen LogP) is 3.00. The highest BCUT2D eigenvalue weighted by molar-refractivity contribution is 5.96. The van der Waals surface area contributed by atoms with Crippen LogP contribution in [0.15, 0.2) is 24.3 Å². The molecule has 1 heterocycles. The molecule has 25 heavy (non-hydrogen) atoms. The van der Waals surface area contributed by atoms with Crippen LogP contribution < -0.4 is 5.32 Å². The van der Waals surface area contributed by atoms with Gasteiger partial charge >= 0.3 is 5.97 Å². The number of piperidine rings is 1. The first-order chi connectivity index (χ1) is 11.9. The van der Waals surface area contributed by atoms with Gasteiger partial charge in [-0.3, -0.25) is 14.4 Å². The molecule has 1 fully saturated rings. The van der Waals surface area contributed by atoms with Gasteiger partial charge in [0.1, 0.15) is 0 Å². The molecule has 1 saturated heterocycles. The molecule has 0 atom stereocenters. The Morgan fingerprint density at radius 3 is 2.28 bits per heavy atom. The van der Waals surface area contributed by atoms with Crippen LogP contribution in [-0.2, 0) is 9.59 Å². The summed E-state index contributed by atoms with van der Waals surface area (Å²) in [6, 6.07) is 6.85. The second kappa shape index (κ2) is 8.65. The molecule has 1 aliphatic heterocycles. The van der Waals surface area contributed by atoms with Gasteiger partial charge in [0.2, 0.25) is 5.91 Å². The van der Waals surface area contributed by atoms with E-state index in [4.69, 9.17) is 5.11 Å². The molecule has 1 aliphatic rings. The number of aliphatic carboxylic acids is 1. The smallest absolute Gasteiger partial charge is 0.306 e. The van der Waals surface area contributed by atoms with Crippen molar-refractivity contribution in [2.24, 2.45) is 11.8 Å². The maximum absolute atomic E-state index is 12.5. The van der Waals surface area contributed by atoms with Gasteiger partial charge in [-0.25, -0.2) is 0 Å². The van der Waals surface area contributed by atoms with Crippen LogP contribution in [0.3, 0.4) is 0 Å². The second-order valence-corrected chi connectivity index (χ2v) is 6.96. The van der Waals surface area contributed by atoms with E-state index >= 15 is 0 Å². The molecule has 0 radical (unpaired) electrons. The average Bonchev–Trinajstić information content (AvgIpc) is 2.60. The zero-order chi connectivity index (χ0) is 18.4. The molecule has 2 amide bonds. The summed E-state index contributed by atoms with van der Waals surface area (Å²) in [5.74, 6) is -0.779. The van der Waals surface area contributed by atoms with Crippen LogP contribution in [0.25, 0.3) is 0 Å². The number of benzene rings is 1. The van der Waals surface area contributed by atoms with Crippen LogP contribution in [0.1, 0.15) is 49.9 Å². The minimum absolute atomic E-state index is 0.0245. The minimum atomic E-state index is -0.787. The molecule has 136 valence electrons. The highest BCUT2D eigenvalue weighted by atomic mass is 16.4. The monoisotopic (exact) mass is 346 g/mol. The molecule has 6 nitrogen and oxygen atoms in total. The summed E-state index contributed by atoms with van der Waals surface area (Å²) in [4.78, 5) is 37.0. The molecule has 0 saturated carbocycles. The number of hydrogen-bond acceptors (Lipinski definition) is 3. The van der Waals surface area contributed by atoms with Crippen LogP contribution in [0.5, 0.6) is 0 Å². The lowest BCUT2D eigenvalue weighted by Crippen LogP contribution is -2.40. The first-order valence-electron chi connectivity index (χ1n) is 8.79. The van der Waals surface area contributed by atoms with Crippen molar-refractivity contribution in [3.05, 3.63) is 29.8 Å². The first kappa shape index (κ1) is 19.0. The third-order valence-electron chi connectivity index (χ3n) is 4.50. The highest BCUT2D eigenvalue weighted by Crippen LogP contribution is 2.20. The van der Waals surface area contributed by atoms with Crippen LogP contribution in [0.2, 0.25) is 0 Å². The second-order valence-electron chi connectivity index (χ2n) is 6.96.